The number of carbonyl (C=O) groups is 1. The second-order valence-electron chi connectivity index (χ2n) is 5.53. The van der Waals surface area contributed by atoms with Crippen LogP contribution in [0.4, 0.5) is 0 Å². The minimum atomic E-state index is -0.694. The molecule has 98 valence electrons. The van der Waals surface area contributed by atoms with Gasteiger partial charge < -0.3 is 5.11 Å². The fraction of sp³-hybridized carbons (Fsp3) is 0.714. The summed E-state index contributed by atoms with van der Waals surface area (Å²) < 4.78 is 0. The first-order valence-corrected chi connectivity index (χ1v) is 7.77. The average Bonchev–Trinajstić information content (AvgIpc) is 2.92. The minimum absolute atomic E-state index is 0.172. The van der Waals surface area contributed by atoms with Gasteiger partial charge in [-0.1, -0.05) is 19.3 Å². The third-order valence-corrected chi connectivity index (χ3v) is 5.52. The first-order chi connectivity index (χ1) is 8.74. The van der Waals surface area contributed by atoms with Crippen LogP contribution in [-0.4, -0.2) is 16.1 Å². The lowest BCUT2D eigenvalue weighted by molar-refractivity contribution is -0.137. The number of nitrogens with zero attached hydrogens (tertiary/aromatic N) is 1. The molecule has 0 amide bonds. The highest BCUT2D eigenvalue weighted by Crippen LogP contribution is 2.42. The molecule has 0 aliphatic heterocycles. The van der Waals surface area contributed by atoms with Crippen LogP contribution in [0, 0.1) is 0 Å². The first-order valence-electron chi connectivity index (χ1n) is 6.95. The van der Waals surface area contributed by atoms with Gasteiger partial charge in [0.05, 0.1) is 17.1 Å². The number of rotatable bonds is 3. The van der Waals surface area contributed by atoms with Gasteiger partial charge in [0.15, 0.2) is 0 Å². The fourth-order valence-corrected chi connectivity index (χ4v) is 4.59. The fourth-order valence-electron chi connectivity index (χ4n) is 3.26. The summed E-state index contributed by atoms with van der Waals surface area (Å²) in [7, 11) is 0. The summed E-state index contributed by atoms with van der Waals surface area (Å²) in [4.78, 5) is 17.0. The third-order valence-electron chi connectivity index (χ3n) is 4.23. The monoisotopic (exact) mass is 265 g/mol. The summed E-state index contributed by atoms with van der Waals surface area (Å²) >= 11 is 1.86. The van der Waals surface area contributed by atoms with Crippen molar-refractivity contribution in [3.05, 3.63) is 15.6 Å². The number of hydrogen-bond acceptors (Lipinski definition) is 3. The Bertz CT molecular complexity index is 449. The van der Waals surface area contributed by atoms with E-state index in [2.05, 4.69) is 0 Å². The molecule has 3 nitrogen and oxygen atoms in total. The summed E-state index contributed by atoms with van der Waals surface area (Å²) in [5, 5.41) is 10.2. The maximum Gasteiger partial charge on any atom is 0.304 e. The van der Waals surface area contributed by atoms with Crippen LogP contribution in [0.15, 0.2) is 0 Å². The predicted molar refractivity (Wildman–Crippen MR) is 71.3 cm³/mol. The molecule has 2 aliphatic carbocycles. The van der Waals surface area contributed by atoms with E-state index in [1.807, 2.05) is 11.3 Å². The van der Waals surface area contributed by atoms with E-state index in [1.54, 1.807) is 0 Å². The molecule has 1 atom stereocenters. The molecule has 0 saturated heterocycles. The Morgan fingerprint density at radius 2 is 2.06 bits per heavy atom. The van der Waals surface area contributed by atoms with Gasteiger partial charge in [-0.05, 0) is 25.7 Å². The van der Waals surface area contributed by atoms with E-state index in [-0.39, 0.29) is 12.3 Å². The second kappa shape index (κ2) is 5.00. The van der Waals surface area contributed by atoms with Gasteiger partial charge in [-0.2, -0.15) is 0 Å². The number of carboxylic acids is 1. The summed E-state index contributed by atoms with van der Waals surface area (Å²) in [5.74, 6) is 0.131. The van der Waals surface area contributed by atoms with Gasteiger partial charge in [0.25, 0.3) is 0 Å². The van der Waals surface area contributed by atoms with E-state index < -0.39 is 5.97 Å². The zero-order valence-electron chi connectivity index (χ0n) is 10.5. The maximum atomic E-state index is 10.8. The number of aryl methyl sites for hydroxylation is 1. The highest BCUT2D eigenvalue weighted by Gasteiger charge is 2.30. The van der Waals surface area contributed by atoms with E-state index in [1.165, 1.54) is 42.0 Å². The third kappa shape index (κ3) is 2.30. The first kappa shape index (κ1) is 12.2. The van der Waals surface area contributed by atoms with Crippen LogP contribution < -0.4 is 0 Å². The van der Waals surface area contributed by atoms with Gasteiger partial charge in [-0.15, -0.1) is 11.3 Å². The summed E-state index contributed by atoms with van der Waals surface area (Å²) in [6.45, 7) is 0. The topological polar surface area (TPSA) is 50.2 Å². The van der Waals surface area contributed by atoms with Gasteiger partial charge >= 0.3 is 5.97 Å². The van der Waals surface area contributed by atoms with Crippen molar-refractivity contribution in [2.45, 2.75) is 63.2 Å². The number of aliphatic carboxylic acids is 1. The Hall–Kier alpha value is -0.900. The van der Waals surface area contributed by atoms with Crippen molar-refractivity contribution in [2.24, 2.45) is 0 Å². The molecule has 1 fully saturated rings. The molecule has 1 unspecified atom stereocenters. The van der Waals surface area contributed by atoms with Crippen molar-refractivity contribution in [3.63, 3.8) is 0 Å². The Kier molecular flexibility index (Phi) is 3.37. The molecular formula is C14H19NO2S. The highest BCUT2D eigenvalue weighted by molar-refractivity contribution is 7.11. The van der Waals surface area contributed by atoms with Gasteiger partial charge in [-0.25, -0.2) is 4.98 Å². The van der Waals surface area contributed by atoms with Gasteiger partial charge in [0.1, 0.15) is 0 Å². The Labute approximate surface area is 111 Å². The van der Waals surface area contributed by atoms with Gasteiger partial charge in [0.2, 0.25) is 0 Å². The molecule has 1 saturated carbocycles. The molecule has 18 heavy (non-hydrogen) atoms. The van der Waals surface area contributed by atoms with E-state index in [0.29, 0.717) is 5.92 Å². The van der Waals surface area contributed by atoms with Crippen LogP contribution in [0.3, 0.4) is 0 Å². The molecule has 1 heterocycles. The molecule has 1 aromatic heterocycles. The van der Waals surface area contributed by atoms with Crippen molar-refractivity contribution in [3.8, 4) is 0 Å². The van der Waals surface area contributed by atoms with E-state index in [9.17, 15) is 4.79 Å². The normalized spacial score (nSPS) is 24.1. The van der Waals surface area contributed by atoms with Crippen LogP contribution in [-0.2, 0) is 11.2 Å². The zero-order chi connectivity index (χ0) is 12.5. The molecule has 3 rings (SSSR count). The van der Waals surface area contributed by atoms with Crippen molar-refractivity contribution >= 4 is 17.3 Å². The van der Waals surface area contributed by atoms with Crippen molar-refractivity contribution in [2.75, 3.05) is 0 Å². The molecule has 0 bridgehead atoms. The summed E-state index contributed by atoms with van der Waals surface area (Å²) in [5.41, 5.74) is 1.11. The molecule has 1 N–H and O–H groups in total. The minimum Gasteiger partial charge on any atom is -0.481 e. The number of hydrogen-bond donors (Lipinski definition) is 1. The number of carboxylic acid groups (broad SMARTS) is 1. The molecule has 4 heteroatoms. The Balaban J connectivity index is 1.78. The zero-order valence-corrected chi connectivity index (χ0v) is 11.3. The lowest BCUT2D eigenvalue weighted by atomic mass is 9.90. The molecule has 2 aliphatic rings. The largest absolute Gasteiger partial charge is 0.481 e. The van der Waals surface area contributed by atoms with Crippen LogP contribution in [0.1, 0.15) is 72.4 Å². The van der Waals surface area contributed by atoms with E-state index in [0.717, 1.165) is 18.5 Å². The number of fused-ring (bicyclic) bond motifs is 1. The average molecular weight is 265 g/mol. The van der Waals surface area contributed by atoms with Crippen LogP contribution in [0.25, 0.3) is 0 Å². The Morgan fingerprint density at radius 1 is 1.28 bits per heavy atom. The van der Waals surface area contributed by atoms with Gasteiger partial charge in [0, 0.05) is 16.7 Å². The lowest BCUT2D eigenvalue weighted by Gasteiger charge is -2.19. The highest BCUT2D eigenvalue weighted by atomic mass is 32.1. The molecule has 0 aromatic carbocycles. The van der Waals surface area contributed by atoms with E-state index >= 15 is 0 Å². The Morgan fingerprint density at radius 3 is 2.78 bits per heavy atom. The van der Waals surface area contributed by atoms with Crippen molar-refractivity contribution in [1.82, 2.24) is 4.98 Å². The lowest BCUT2D eigenvalue weighted by Crippen LogP contribution is -2.06. The SMILES string of the molecule is O=C(O)CC1CCc2sc(C3CCCCC3)nc21. The molecule has 1 aromatic rings. The van der Waals surface area contributed by atoms with Crippen LogP contribution in [0.2, 0.25) is 0 Å². The van der Waals surface area contributed by atoms with E-state index in [4.69, 9.17) is 10.1 Å². The molecule has 0 spiro atoms. The number of thiazole rings is 1. The quantitative estimate of drug-likeness (QED) is 0.906. The molecular weight excluding hydrogens is 246 g/mol. The van der Waals surface area contributed by atoms with Gasteiger partial charge in [-0.3, -0.25) is 4.79 Å². The number of aromatic nitrogens is 1. The van der Waals surface area contributed by atoms with Crippen molar-refractivity contribution in [1.29, 1.82) is 0 Å². The molecule has 0 radical (unpaired) electrons. The standard InChI is InChI=1S/C14H19NO2S/c16-12(17)8-10-6-7-11-13(10)15-14(18-11)9-4-2-1-3-5-9/h9-10H,1-8H2,(H,16,17). The summed E-state index contributed by atoms with van der Waals surface area (Å²) in [6, 6.07) is 0. The second-order valence-corrected chi connectivity index (χ2v) is 6.64. The maximum absolute atomic E-state index is 10.8. The van der Waals surface area contributed by atoms with Crippen molar-refractivity contribution < 1.29 is 9.90 Å². The van der Waals surface area contributed by atoms with Crippen LogP contribution in [0.5, 0.6) is 0 Å². The smallest absolute Gasteiger partial charge is 0.304 e. The van der Waals surface area contributed by atoms with Crippen LogP contribution >= 0.6 is 11.3 Å². The summed E-state index contributed by atoms with van der Waals surface area (Å²) in [6.07, 6.45) is 8.83. The predicted octanol–water partition coefficient (Wildman–Crippen LogP) is 3.70.